The standard InChI is InChI=1S/C12H11FN2/c1-8-5-11(9(2)15-7-8)10-3-4-14-12(13)6-10/h3-7H,1-2H3. The summed E-state index contributed by atoms with van der Waals surface area (Å²) in [6.07, 6.45) is 3.27. The van der Waals surface area contributed by atoms with E-state index in [1.807, 2.05) is 19.9 Å². The molecule has 2 aromatic rings. The summed E-state index contributed by atoms with van der Waals surface area (Å²) in [7, 11) is 0. The van der Waals surface area contributed by atoms with Crippen LogP contribution in [0, 0.1) is 19.8 Å². The van der Waals surface area contributed by atoms with Crippen molar-refractivity contribution in [2.45, 2.75) is 13.8 Å². The highest BCUT2D eigenvalue weighted by atomic mass is 19.1. The largest absolute Gasteiger partial charge is 0.261 e. The molecule has 2 rings (SSSR count). The summed E-state index contributed by atoms with van der Waals surface area (Å²) in [6.45, 7) is 3.88. The molecular formula is C12H11FN2. The molecule has 0 saturated heterocycles. The topological polar surface area (TPSA) is 25.8 Å². The maximum absolute atomic E-state index is 13.0. The van der Waals surface area contributed by atoms with Gasteiger partial charge in [-0.1, -0.05) is 0 Å². The zero-order chi connectivity index (χ0) is 10.8. The molecule has 76 valence electrons. The maximum Gasteiger partial charge on any atom is 0.213 e. The summed E-state index contributed by atoms with van der Waals surface area (Å²) in [5.74, 6) is -0.464. The lowest BCUT2D eigenvalue weighted by atomic mass is 10.0. The van der Waals surface area contributed by atoms with Crippen molar-refractivity contribution < 1.29 is 4.39 Å². The average molecular weight is 202 g/mol. The first-order valence-electron chi connectivity index (χ1n) is 4.72. The van der Waals surface area contributed by atoms with E-state index in [1.54, 1.807) is 12.3 Å². The molecule has 0 N–H and O–H groups in total. The van der Waals surface area contributed by atoms with Gasteiger partial charge in [0.2, 0.25) is 5.95 Å². The second-order valence-electron chi connectivity index (χ2n) is 3.51. The zero-order valence-electron chi connectivity index (χ0n) is 8.66. The molecule has 0 aliphatic rings. The van der Waals surface area contributed by atoms with Crippen LogP contribution in [-0.2, 0) is 0 Å². The molecule has 0 saturated carbocycles. The minimum Gasteiger partial charge on any atom is -0.261 e. The van der Waals surface area contributed by atoms with Crippen molar-refractivity contribution in [1.29, 1.82) is 0 Å². The van der Waals surface area contributed by atoms with E-state index >= 15 is 0 Å². The molecule has 0 atom stereocenters. The fourth-order valence-corrected chi connectivity index (χ4v) is 1.50. The van der Waals surface area contributed by atoms with Crippen molar-refractivity contribution in [3.63, 3.8) is 0 Å². The number of pyridine rings is 2. The maximum atomic E-state index is 13.0. The molecule has 0 amide bonds. The summed E-state index contributed by atoms with van der Waals surface area (Å²) < 4.78 is 13.0. The first-order valence-corrected chi connectivity index (χ1v) is 4.72. The van der Waals surface area contributed by atoms with Crippen molar-refractivity contribution in [3.05, 3.63) is 47.8 Å². The van der Waals surface area contributed by atoms with Gasteiger partial charge in [0, 0.05) is 29.7 Å². The zero-order valence-corrected chi connectivity index (χ0v) is 8.66. The number of hydrogen-bond acceptors (Lipinski definition) is 2. The molecule has 0 aromatic carbocycles. The van der Waals surface area contributed by atoms with Crippen LogP contribution in [0.3, 0.4) is 0 Å². The van der Waals surface area contributed by atoms with E-state index in [9.17, 15) is 4.39 Å². The Labute approximate surface area is 87.8 Å². The van der Waals surface area contributed by atoms with E-state index in [0.29, 0.717) is 0 Å². The van der Waals surface area contributed by atoms with Crippen molar-refractivity contribution in [2.75, 3.05) is 0 Å². The molecular weight excluding hydrogens is 191 g/mol. The molecule has 0 aliphatic heterocycles. The normalized spacial score (nSPS) is 10.3. The molecule has 3 heteroatoms. The highest BCUT2D eigenvalue weighted by Crippen LogP contribution is 2.22. The van der Waals surface area contributed by atoms with Crippen LogP contribution in [-0.4, -0.2) is 9.97 Å². The number of nitrogens with zero attached hydrogens (tertiary/aromatic N) is 2. The lowest BCUT2D eigenvalue weighted by Gasteiger charge is -2.05. The Bertz CT molecular complexity index is 495. The summed E-state index contributed by atoms with van der Waals surface area (Å²) in [4.78, 5) is 7.77. The predicted octanol–water partition coefficient (Wildman–Crippen LogP) is 2.90. The van der Waals surface area contributed by atoms with E-state index in [0.717, 1.165) is 22.4 Å². The highest BCUT2D eigenvalue weighted by Gasteiger charge is 2.04. The number of aryl methyl sites for hydroxylation is 2. The smallest absolute Gasteiger partial charge is 0.213 e. The van der Waals surface area contributed by atoms with Gasteiger partial charge >= 0.3 is 0 Å². The van der Waals surface area contributed by atoms with Gasteiger partial charge in [-0.2, -0.15) is 4.39 Å². The molecule has 15 heavy (non-hydrogen) atoms. The van der Waals surface area contributed by atoms with Crippen LogP contribution in [0.1, 0.15) is 11.3 Å². The third-order valence-corrected chi connectivity index (χ3v) is 2.26. The fourth-order valence-electron chi connectivity index (χ4n) is 1.50. The third kappa shape index (κ3) is 2.01. The van der Waals surface area contributed by atoms with Crippen LogP contribution in [0.4, 0.5) is 4.39 Å². The van der Waals surface area contributed by atoms with Gasteiger partial charge < -0.3 is 0 Å². The number of aromatic nitrogens is 2. The van der Waals surface area contributed by atoms with Gasteiger partial charge in [0.05, 0.1) is 0 Å². The molecule has 0 spiro atoms. The van der Waals surface area contributed by atoms with Gasteiger partial charge in [0.1, 0.15) is 0 Å². The van der Waals surface area contributed by atoms with Gasteiger partial charge in [-0.3, -0.25) is 4.98 Å². The second kappa shape index (κ2) is 3.77. The van der Waals surface area contributed by atoms with Crippen molar-refractivity contribution in [1.82, 2.24) is 9.97 Å². The van der Waals surface area contributed by atoms with Gasteiger partial charge in [-0.05, 0) is 37.1 Å². The molecule has 2 heterocycles. The molecule has 2 nitrogen and oxygen atoms in total. The highest BCUT2D eigenvalue weighted by molar-refractivity contribution is 5.65. The van der Waals surface area contributed by atoms with Crippen LogP contribution in [0.25, 0.3) is 11.1 Å². The lowest BCUT2D eigenvalue weighted by molar-refractivity contribution is 0.584. The minimum absolute atomic E-state index is 0.464. The minimum atomic E-state index is -0.464. The summed E-state index contributed by atoms with van der Waals surface area (Å²) >= 11 is 0. The summed E-state index contributed by atoms with van der Waals surface area (Å²) in [5, 5.41) is 0. The quantitative estimate of drug-likeness (QED) is 0.664. The van der Waals surface area contributed by atoms with Gasteiger partial charge in [-0.15, -0.1) is 0 Å². The van der Waals surface area contributed by atoms with Crippen molar-refractivity contribution in [3.8, 4) is 11.1 Å². The van der Waals surface area contributed by atoms with Crippen LogP contribution in [0.5, 0.6) is 0 Å². The Morgan fingerprint density at radius 2 is 1.93 bits per heavy atom. The van der Waals surface area contributed by atoms with Crippen LogP contribution in [0.15, 0.2) is 30.6 Å². The SMILES string of the molecule is Cc1cnc(C)c(-c2ccnc(F)c2)c1. The van der Waals surface area contributed by atoms with E-state index in [4.69, 9.17) is 0 Å². The van der Waals surface area contributed by atoms with Crippen molar-refractivity contribution >= 4 is 0 Å². The average Bonchev–Trinajstić information content (AvgIpc) is 2.22. The number of halogens is 1. The van der Waals surface area contributed by atoms with Gasteiger partial charge in [0.25, 0.3) is 0 Å². The van der Waals surface area contributed by atoms with Crippen LogP contribution < -0.4 is 0 Å². The Kier molecular flexibility index (Phi) is 2.46. The Morgan fingerprint density at radius 1 is 1.13 bits per heavy atom. The summed E-state index contributed by atoms with van der Waals surface area (Å²) in [6, 6.07) is 5.20. The van der Waals surface area contributed by atoms with E-state index in [-0.39, 0.29) is 0 Å². The molecule has 2 aromatic heterocycles. The predicted molar refractivity (Wildman–Crippen MR) is 56.9 cm³/mol. The molecule has 0 aliphatic carbocycles. The molecule has 0 unspecified atom stereocenters. The van der Waals surface area contributed by atoms with Crippen LogP contribution >= 0.6 is 0 Å². The summed E-state index contributed by atoms with van der Waals surface area (Å²) in [5.41, 5.74) is 3.73. The van der Waals surface area contributed by atoms with Gasteiger partial charge in [0.15, 0.2) is 0 Å². The number of rotatable bonds is 1. The third-order valence-electron chi connectivity index (χ3n) is 2.26. The fraction of sp³-hybridized carbons (Fsp3) is 0.167. The molecule has 0 fully saturated rings. The van der Waals surface area contributed by atoms with E-state index < -0.39 is 5.95 Å². The second-order valence-corrected chi connectivity index (χ2v) is 3.51. The lowest BCUT2D eigenvalue weighted by Crippen LogP contribution is -1.90. The van der Waals surface area contributed by atoms with Crippen LogP contribution in [0.2, 0.25) is 0 Å². The molecule has 0 radical (unpaired) electrons. The number of hydrogen-bond donors (Lipinski definition) is 0. The Morgan fingerprint density at radius 3 is 2.67 bits per heavy atom. The Hall–Kier alpha value is -1.77. The van der Waals surface area contributed by atoms with Gasteiger partial charge in [-0.25, -0.2) is 4.98 Å². The molecule has 0 bridgehead atoms. The first kappa shape index (κ1) is 9.77. The first-order chi connectivity index (χ1) is 7.16. The Balaban J connectivity index is 2.58. The van der Waals surface area contributed by atoms with E-state index in [2.05, 4.69) is 9.97 Å². The van der Waals surface area contributed by atoms with Crippen molar-refractivity contribution in [2.24, 2.45) is 0 Å². The monoisotopic (exact) mass is 202 g/mol. The van der Waals surface area contributed by atoms with E-state index in [1.165, 1.54) is 12.3 Å².